The fraction of sp³-hybridized carbons (Fsp3) is 0.345. The van der Waals surface area contributed by atoms with Gasteiger partial charge in [0.1, 0.15) is 22.9 Å². The van der Waals surface area contributed by atoms with Gasteiger partial charge in [-0.15, -0.1) is 0 Å². The molecule has 1 aliphatic rings. The monoisotopic (exact) mass is 475 g/mol. The van der Waals surface area contributed by atoms with Gasteiger partial charge in [-0.3, -0.25) is 0 Å². The summed E-state index contributed by atoms with van der Waals surface area (Å²) in [4.78, 5) is 15.3. The Hall–Kier alpha value is -3.67. The van der Waals surface area contributed by atoms with Gasteiger partial charge in [-0.25, -0.2) is 4.79 Å². The van der Waals surface area contributed by atoms with Crippen LogP contribution in [0, 0.1) is 5.92 Å². The average molecular weight is 476 g/mol. The van der Waals surface area contributed by atoms with Crippen molar-refractivity contribution >= 4 is 22.4 Å². The first-order valence-electron chi connectivity index (χ1n) is 12.2. The average Bonchev–Trinajstić information content (AvgIpc) is 2.83. The minimum atomic E-state index is -0.836. The van der Waals surface area contributed by atoms with Crippen molar-refractivity contribution in [3.63, 3.8) is 0 Å². The summed E-state index contributed by atoms with van der Waals surface area (Å²) in [7, 11) is 0. The number of cyclic esters (lactones) is 1. The van der Waals surface area contributed by atoms with Gasteiger partial charge in [-0.1, -0.05) is 57.2 Å². The van der Waals surface area contributed by atoms with Crippen LogP contribution in [0.1, 0.15) is 45.6 Å². The Morgan fingerprint density at radius 1 is 0.971 bits per heavy atom. The van der Waals surface area contributed by atoms with Gasteiger partial charge in [0, 0.05) is 29.4 Å². The van der Waals surface area contributed by atoms with E-state index < -0.39 is 11.6 Å². The standard InChI is InChI=1S/C29H33NO5/c1-4-17-30(24-9-5-8-23-22(24)7-6-10-25(23)32)27-26(33)18-29(19(2)3,35-28(27)34)16-15-20-11-13-21(31)14-12-20/h5-14,19,31-33H,4,15-18H2,1-3H3. The van der Waals surface area contributed by atoms with E-state index in [2.05, 4.69) is 0 Å². The number of phenolic OH excluding ortho intramolecular Hbond substituents is 2. The quantitative estimate of drug-likeness (QED) is 0.336. The molecule has 3 aromatic rings. The Morgan fingerprint density at radius 2 is 1.66 bits per heavy atom. The fourth-order valence-electron chi connectivity index (χ4n) is 4.88. The van der Waals surface area contributed by atoms with E-state index in [0.717, 1.165) is 23.1 Å². The van der Waals surface area contributed by atoms with Crippen molar-refractivity contribution in [1.29, 1.82) is 0 Å². The molecule has 1 aliphatic heterocycles. The maximum absolute atomic E-state index is 13.5. The molecule has 3 N–H and O–H groups in total. The lowest BCUT2D eigenvalue weighted by molar-refractivity contribution is -0.166. The minimum absolute atomic E-state index is 0.0126. The number of ether oxygens (including phenoxy) is 1. The van der Waals surface area contributed by atoms with E-state index in [9.17, 15) is 20.1 Å². The molecule has 6 nitrogen and oxygen atoms in total. The zero-order valence-electron chi connectivity index (χ0n) is 20.5. The molecule has 1 heterocycles. The van der Waals surface area contributed by atoms with E-state index in [1.807, 2.05) is 62.1 Å². The Balaban J connectivity index is 1.71. The number of fused-ring (bicyclic) bond motifs is 1. The van der Waals surface area contributed by atoms with Gasteiger partial charge in [-0.2, -0.15) is 0 Å². The van der Waals surface area contributed by atoms with Gasteiger partial charge in [0.2, 0.25) is 0 Å². The molecular formula is C29H33NO5. The molecule has 6 heteroatoms. The molecule has 0 aromatic heterocycles. The van der Waals surface area contributed by atoms with E-state index in [1.165, 1.54) is 0 Å². The number of nitrogens with zero attached hydrogens (tertiary/aromatic N) is 1. The van der Waals surface area contributed by atoms with Gasteiger partial charge in [0.15, 0.2) is 5.70 Å². The van der Waals surface area contributed by atoms with Crippen molar-refractivity contribution in [3.05, 3.63) is 77.7 Å². The van der Waals surface area contributed by atoms with Crippen molar-refractivity contribution in [3.8, 4) is 11.5 Å². The highest BCUT2D eigenvalue weighted by Gasteiger charge is 2.45. The topological polar surface area (TPSA) is 90.2 Å². The molecule has 0 radical (unpaired) electrons. The summed E-state index contributed by atoms with van der Waals surface area (Å²) in [5.74, 6) is -0.163. The van der Waals surface area contributed by atoms with Crippen LogP contribution in [0.2, 0.25) is 0 Å². The number of aromatic hydroxyl groups is 2. The highest BCUT2D eigenvalue weighted by atomic mass is 16.6. The molecule has 0 fully saturated rings. The summed E-state index contributed by atoms with van der Waals surface area (Å²) in [5.41, 5.74) is 1.08. The molecule has 0 amide bonds. The lowest BCUT2D eigenvalue weighted by Crippen LogP contribution is -2.48. The van der Waals surface area contributed by atoms with Crippen LogP contribution in [0.25, 0.3) is 10.8 Å². The second kappa shape index (κ2) is 9.90. The fourth-order valence-corrected chi connectivity index (χ4v) is 4.88. The normalized spacial score (nSPS) is 18.2. The first-order valence-corrected chi connectivity index (χ1v) is 12.2. The number of esters is 1. The molecule has 0 spiro atoms. The molecule has 184 valence electrons. The van der Waals surface area contributed by atoms with Gasteiger partial charge in [0.25, 0.3) is 0 Å². The number of hydrogen-bond donors (Lipinski definition) is 3. The predicted octanol–water partition coefficient (Wildman–Crippen LogP) is 6.21. The van der Waals surface area contributed by atoms with Crippen molar-refractivity contribution in [2.24, 2.45) is 5.92 Å². The van der Waals surface area contributed by atoms with Crippen LogP contribution in [0.3, 0.4) is 0 Å². The number of anilines is 1. The molecule has 1 atom stereocenters. The van der Waals surface area contributed by atoms with Crippen molar-refractivity contribution in [2.75, 3.05) is 11.4 Å². The van der Waals surface area contributed by atoms with Crippen LogP contribution in [0.15, 0.2) is 72.1 Å². The Labute approximate surface area is 206 Å². The molecule has 0 bridgehead atoms. The number of carbonyl (C=O) groups excluding carboxylic acids is 1. The van der Waals surface area contributed by atoms with E-state index in [0.29, 0.717) is 24.8 Å². The lowest BCUT2D eigenvalue weighted by Gasteiger charge is -2.42. The maximum Gasteiger partial charge on any atom is 0.359 e. The summed E-state index contributed by atoms with van der Waals surface area (Å²) in [6, 6.07) is 17.9. The zero-order valence-corrected chi connectivity index (χ0v) is 20.5. The number of aliphatic hydroxyl groups excluding tert-OH is 1. The second-order valence-corrected chi connectivity index (χ2v) is 9.55. The molecule has 0 aliphatic carbocycles. The summed E-state index contributed by atoms with van der Waals surface area (Å²) < 4.78 is 6.15. The zero-order chi connectivity index (χ0) is 25.2. The molecule has 35 heavy (non-hydrogen) atoms. The largest absolute Gasteiger partial charge is 0.510 e. The number of aryl methyl sites for hydroxylation is 1. The second-order valence-electron chi connectivity index (χ2n) is 9.55. The highest BCUT2D eigenvalue weighted by molar-refractivity contribution is 6.02. The predicted molar refractivity (Wildman–Crippen MR) is 138 cm³/mol. The number of rotatable bonds is 8. The number of aliphatic hydroxyl groups is 1. The first kappa shape index (κ1) is 24.5. The highest BCUT2D eigenvalue weighted by Crippen LogP contribution is 2.42. The summed E-state index contributed by atoms with van der Waals surface area (Å²) in [5, 5.41) is 32.7. The first-order chi connectivity index (χ1) is 16.8. The van der Waals surface area contributed by atoms with Gasteiger partial charge >= 0.3 is 5.97 Å². The third-order valence-electron chi connectivity index (χ3n) is 6.94. The van der Waals surface area contributed by atoms with Gasteiger partial charge < -0.3 is 25.0 Å². The number of benzene rings is 3. The third-order valence-corrected chi connectivity index (χ3v) is 6.94. The van der Waals surface area contributed by atoms with Gasteiger partial charge in [0.05, 0.1) is 0 Å². The molecule has 0 saturated carbocycles. The Kier molecular flexibility index (Phi) is 6.92. The summed E-state index contributed by atoms with van der Waals surface area (Å²) >= 11 is 0. The summed E-state index contributed by atoms with van der Waals surface area (Å²) in [6.07, 6.45) is 2.17. The Morgan fingerprint density at radius 3 is 2.31 bits per heavy atom. The van der Waals surface area contributed by atoms with Gasteiger partial charge in [-0.05, 0) is 55.0 Å². The van der Waals surface area contributed by atoms with Crippen LogP contribution in [-0.4, -0.2) is 33.4 Å². The SMILES string of the molecule is CCCN(C1=C(O)CC(CCc2ccc(O)cc2)(C(C)C)OC1=O)c1cccc2c(O)cccc12. The maximum atomic E-state index is 13.5. The molecule has 3 aromatic carbocycles. The summed E-state index contributed by atoms with van der Waals surface area (Å²) in [6.45, 7) is 6.52. The molecular weight excluding hydrogens is 442 g/mol. The van der Waals surface area contributed by atoms with Crippen molar-refractivity contribution < 1.29 is 24.9 Å². The van der Waals surface area contributed by atoms with Crippen LogP contribution >= 0.6 is 0 Å². The van der Waals surface area contributed by atoms with E-state index >= 15 is 0 Å². The number of hydrogen-bond acceptors (Lipinski definition) is 6. The third kappa shape index (κ3) is 4.78. The number of phenols is 2. The van der Waals surface area contributed by atoms with Crippen LogP contribution in [-0.2, 0) is 16.0 Å². The number of carbonyl (C=O) groups is 1. The molecule has 0 saturated heterocycles. The molecule has 4 rings (SSSR count). The van der Waals surface area contributed by atoms with Crippen LogP contribution in [0.5, 0.6) is 11.5 Å². The minimum Gasteiger partial charge on any atom is -0.510 e. The van der Waals surface area contributed by atoms with E-state index in [1.54, 1.807) is 24.3 Å². The smallest absolute Gasteiger partial charge is 0.359 e. The van der Waals surface area contributed by atoms with Crippen LogP contribution < -0.4 is 4.90 Å². The molecule has 1 unspecified atom stereocenters. The van der Waals surface area contributed by atoms with Crippen molar-refractivity contribution in [2.45, 2.75) is 52.1 Å². The lowest BCUT2D eigenvalue weighted by atomic mass is 9.79. The van der Waals surface area contributed by atoms with E-state index in [4.69, 9.17) is 4.74 Å². The van der Waals surface area contributed by atoms with Crippen LogP contribution in [0.4, 0.5) is 5.69 Å². The van der Waals surface area contributed by atoms with Crippen molar-refractivity contribution in [1.82, 2.24) is 0 Å². The van der Waals surface area contributed by atoms with E-state index in [-0.39, 0.29) is 35.3 Å². The Bertz CT molecular complexity index is 1250.